The minimum absolute atomic E-state index is 0.0243. The lowest BCUT2D eigenvalue weighted by Crippen LogP contribution is -2.38. The summed E-state index contributed by atoms with van der Waals surface area (Å²) in [5, 5.41) is 8.63. The molecular weight excluding hydrogens is 268 g/mol. The average Bonchev–Trinajstić information content (AvgIpc) is 2.89. The topological polar surface area (TPSA) is 60.2 Å². The van der Waals surface area contributed by atoms with Crippen molar-refractivity contribution in [3.05, 3.63) is 41.7 Å². The van der Waals surface area contributed by atoms with E-state index in [1.807, 2.05) is 37.3 Å². The van der Waals surface area contributed by atoms with Crippen LogP contribution in [0, 0.1) is 6.92 Å². The Balaban J connectivity index is 2.25. The molecule has 0 radical (unpaired) electrons. The van der Waals surface area contributed by atoms with E-state index < -0.39 is 0 Å². The number of carbonyl (C=O) groups is 1. The molecule has 1 amide bonds. The Bertz CT molecular complexity index is 609. The summed E-state index contributed by atoms with van der Waals surface area (Å²) in [5.74, 6) is -0.153. The summed E-state index contributed by atoms with van der Waals surface area (Å²) < 4.78 is 5.08. The van der Waals surface area contributed by atoms with E-state index in [9.17, 15) is 4.79 Å². The maximum Gasteiger partial charge on any atom is 0.276 e. The number of likely N-dealkylation sites (N-methyl/N-ethyl adjacent to an activating group) is 1. The fraction of sp³-hybridized carbons (Fsp3) is 0.400. The molecule has 1 atom stereocenters. The standard InChI is InChI=1S/C15H20N4O2/c1-11(10-21-4)18(3)15(20)14-12(2)16-19(17-14)13-8-6-5-7-9-13/h5-9,11H,10H2,1-4H3/t11-/m1/s1. The van der Waals surface area contributed by atoms with Crippen LogP contribution in [-0.4, -0.2) is 52.6 Å². The number of hydrogen-bond acceptors (Lipinski definition) is 4. The van der Waals surface area contributed by atoms with E-state index in [2.05, 4.69) is 10.2 Å². The average molecular weight is 288 g/mol. The van der Waals surface area contributed by atoms with Crippen LogP contribution in [0.3, 0.4) is 0 Å². The molecule has 0 spiro atoms. The van der Waals surface area contributed by atoms with E-state index in [0.29, 0.717) is 18.0 Å². The van der Waals surface area contributed by atoms with Crippen LogP contribution in [0.25, 0.3) is 5.69 Å². The van der Waals surface area contributed by atoms with Crippen molar-refractivity contribution in [3.63, 3.8) is 0 Å². The molecular formula is C15H20N4O2. The number of aryl methyl sites for hydroxylation is 1. The Hall–Kier alpha value is -2.21. The number of rotatable bonds is 5. The first-order valence-electron chi connectivity index (χ1n) is 6.80. The number of methoxy groups -OCH3 is 1. The molecule has 21 heavy (non-hydrogen) atoms. The monoisotopic (exact) mass is 288 g/mol. The minimum atomic E-state index is -0.153. The highest BCUT2D eigenvalue weighted by Gasteiger charge is 2.23. The molecule has 0 N–H and O–H groups in total. The highest BCUT2D eigenvalue weighted by atomic mass is 16.5. The van der Waals surface area contributed by atoms with Gasteiger partial charge in [-0.3, -0.25) is 4.79 Å². The molecule has 0 fully saturated rings. The zero-order chi connectivity index (χ0) is 15.4. The molecule has 112 valence electrons. The third-order valence-electron chi connectivity index (χ3n) is 3.36. The molecule has 0 aliphatic rings. The van der Waals surface area contributed by atoms with Crippen LogP contribution in [0.1, 0.15) is 23.1 Å². The zero-order valence-electron chi connectivity index (χ0n) is 12.8. The van der Waals surface area contributed by atoms with Crippen LogP contribution in [0.15, 0.2) is 30.3 Å². The van der Waals surface area contributed by atoms with Gasteiger partial charge in [-0.1, -0.05) is 18.2 Å². The summed E-state index contributed by atoms with van der Waals surface area (Å²) in [6.07, 6.45) is 0. The van der Waals surface area contributed by atoms with Gasteiger partial charge < -0.3 is 9.64 Å². The summed E-state index contributed by atoms with van der Waals surface area (Å²) in [4.78, 5) is 15.6. The van der Waals surface area contributed by atoms with Crippen molar-refractivity contribution in [2.45, 2.75) is 19.9 Å². The first-order valence-corrected chi connectivity index (χ1v) is 6.80. The highest BCUT2D eigenvalue weighted by Crippen LogP contribution is 2.11. The lowest BCUT2D eigenvalue weighted by atomic mass is 10.2. The molecule has 0 saturated heterocycles. The van der Waals surface area contributed by atoms with Crippen LogP contribution < -0.4 is 0 Å². The van der Waals surface area contributed by atoms with Crippen molar-refractivity contribution in [1.82, 2.24) is 19.9 Å². The van der Waals surface area contributed by atoms with Crippen molar-refractivity contribution in [2.75, 3.05) is 20.8 Å². The van der Waals surface area contributed by atoms with Crippen LogP contribution in [-0.2, 0) is 4.74 Å². The van der Waals surface area contributed by atoms with Crippen LogP contribution in [0.2, 0.25) is 0 Å². The molecule has 0 aliphatic carbocycles. The maximum atomic E-state index is 12.5. The molecule has 6 heteroatoms. The number of benzene rings is 1. The SMILES string of the molecule is COC[C@@H](C)N(C)C(=O)c1nn(-c2ccccc2)nc1C. The van der Waals surface area contributed by atoms with Gasteiger partial charge in [0.25, 0.3) is 5.91 Å². The van der Waals surface area contributed by atoms with Crippen LogP contribution in [0.5, 0.6) is 0 Å². The quantitative estimate of drug-likeness (QED) is 0.840. The van der Waals surface area contributed by atoms with Crippen LogP contribution >= 0.6 is 0 Å². The van der Waals surface area contributed by atoms with Gasteiger partial charge in [0.2, 0.25) is 0 Å². The second-order valence-corrected chi connectivity index (χ2v) is 4.98. The summed E-state index contributed by atoms with van der Waals surface area (Å²) in [6.45, 7) is 4.20. The first kappa shape index (κ1) is 15.2. The summed E-state index contributed by atoms with van der Waals surface area (Å²) >= 11 is 0. The molecule has 1 aromatic carbocycles. The molecule has 1 heterocycles. The second-order valence-electron chi connectivity index (χ2n) is 4.98. The van der Waals surface area contributed by atoms with Gasteiger partial charge in [0, 0.05) is 14.2 Å². The Morgan fingerprint density at radius 1 is 1.33 bits per heavy atom. The smallest absolute Gasteiger partial charge is 0.276 e. The number of hydrogen-bond donors (Lipinski definition) is 0. The van der Waals surface area contributed by atoms with E-state index in [4.69, 9.17) is 4.74 Å². The molecule has 1 aromatic heterocycles. The Morgan fingerprint density at radius 3 is 2.62 bits per heavy atom. The van der Waals surface area contributed by atoms with E-state index in [-0.39, 0.29) is 11.9 Å². The molecule has 0 unspecified atom stereocenters. The number of nitrogens with zero attached hydrogens (tertiary/aromatic N) is 4. The van der Waals surface area contributed by atoms with Gasteiger partial charge in [-0.25, -0.2) is 0 Å². The molecule has 0 saturated carbocycles. The summed E-state index contributed by atoms with van der Waals surface area (Å²) in [6, 6.07) is 9.50. The van der Waals surface area contributed by atoms with Gasteiger partial charge in [-0.05, 0) is 26.0 Å². The normalized spacial score (nSPS) is 12.2. The Kier molecular flexibility index (Phi) is 4.70. The highest BCUT2D eigenvalue weighted by molar-refractivity contribution is 5.93. The van der Waals surface area contributed by atoms with Gasteiger partial charge in [-0.15, -0.1) is 5.10 Å². The van der Waals surface area contributed by atoms with Gasteiger partial charge in [0.15, 0.2) is 5.69 Å². The minimum Gasteiger partial charge on any atom is -0.383 e. The van der Waals surface area contributed by atoms with Gasteiger partial charge in [0.1, 0.15) is 0 Å². The summed E-state index contributed by atoms with van der Waals surface area (Å²) in [5.41, 5.74) is 1.80. The molecule has 6 nitrogen and oxygen atoms in total. The number of ether oxygens (including phenoxy) is 1. The number of aromatic nitrogens is 3. The van der Waals surface area contributed by atoms with E-state index >= 15 is 0 Å². The van der Waals surface area contributed by atoms with E-state index in [1.54, 1.807) is 26.0 Å². The van der Waals surface area contributed by atoms with Crippen molar-refractivity contribution < 1.29 is 9.53 Å². The maximum absolute atomic E-state index is 12.5. The van der Waals surface area contributed by atoms with Crippen molar-refractivity contribution in [3.8, 4) is 5.69 Å². The lowest BCUT2D eigenvalue weighted by molar-refractivity contribution is 0.0627. The van der Waals surface area contributed by atoms with Crippen molar-refractivity contribution in [2.24, 2.45) is 0 Å². The molecule has 0 bridgehead atoms. The van der Waals surface area contributed by atoms with Gasteiger partial charge >= 0.3 is 0 Å². The Morgan fingerprint density at radius 2 is 2.00 bits per heavy atom. The van der Waals surface area contributed by atoms with Crippen molar-refractivity contribution in [1.29, 1.82) is 0 Å². The van der Waals surface area contributed by atoms with E-state index in [0.717, 1.165) is 5.69 Å². The number of carbonyl (C=O) groups excluding carboxylic acids is 1. The lowest BCUT2D eigenvalue weighted by Gasteiger charge is -2.23. The molecule has 2 aromatic rings. The number of para-hydroxylation sites is 1. The third kappa shape index (κ3) is 3.28. The first-order chi connectivity index (χ1) is 10.0. The number of amides is 1. The van der Waals surface area contributed by atoms with Crippen molar-refractivity contribution >= 4 is 5.91 Å². The molecule has 2 rings (SSSR count). The fourth-order valence-corrected chi connectivity index (χ4v) is 1.97. The third-order valence-corrected chi connectivity index (χ3v) is 3.36. The van der Waals surface area contributed by atoms with Crippen LogP contribution in [0.4, 0.5) is 0 Å². The predicted molar refractivity (Wildman–Crippen MR) is 79.5 cm³/mol. The molecule has 0 aliphatic heterocycles. The fourth-order valence-electron chi connectivity index (χ4n) is 1.97. The zero-order valence-corrected chi connectivity index (χ0v) is 12.8. The van der Waals surface area contributed by atoms with Gasteiger partial charge in [-0.2, -0.15) is 9.90 Å². The largest absolute Gasteiger partial charge is 0.383 e. The summed E-state index contributed by atoms with van der Waals surface area (Å²) in [7, 11) is 3.36. The van der Waals surface area contributed by atoms with E-state index in [1.165, 1.54) is 4.80 Å². The predicted octanol–water partition coefficient (Wildman–Crippen LogP) is 1.68. The Labute approximate surface area is 124 Å². The second kappa shape index (κ2) is 6.49. The van der Waals surface area contributed by atoms with Gasteiger partial charge in [0.05, 0.1) is 24.0 Å².